The summed E-state index contributed by atoms with van der Waals surface area (Å²) in [5.74, 6) is 0.0972. The zero-order chi connectivity index (χ0) is 22.0. The van der Waals surface area contributed by atoms with Crippen LogP contribution in [-0.4, -0.2) is 37.7 Å². The third-order valence-electron chi connectivity index (χ3n) is 7.09. The van der Waals surface area contributed by atoms with E-state index in [0.717, 1.165) is 36.5 Å². The van der Waals surface area contributed by atoms with Gasteiger partial charge in [-0.15, -0.1) is 0 Å². The maximum absolute atomic E-state index is 13.9. The molecule has 2 atom stereocenters. The molecule has 1 aliphatic heterocycles. The van der Waals surface area contributed by atoms with E-state index in [4.69, 9.17) is 5.10 Å². The Balaban J connectivity index is 1.58. The van der Waals surface area contributed by atoms with Gasteiger partial charge in [-0.25, -0.2) is 4.68 Å². The Bertz CT molecular complexity index is 1140. The lowest BCUT2D eigenvalue weighted by molar-refractivity contribution is 0.0699. The number of benzene rings is 1. The Labute approximate surface area is 184 Å². The summed E-state index contributed by atoms with van der Waals surface area (Å²) in [5, 5.41) is 4.89. The van der Waals surface area contributed by atoms with Crippen molar-refractivity contribution in [2.75, 3.05) is 6.54 Å². The highest BCUT2D eigenvalue weighted by molar-refractivity contribution is 5.95. The lowest BCUT2D eigenvalue weighted by atomic mass is 9.65. The second-order valence-corrected chi connectivity index (χ2v) is 10.8. The van der Waals surface area contributed by atoms with E-state index >= 15 is 0 Å². The normalized spacial score (nSPS) is 24.5. The van der Waals surface area contributed by atoms with Crippen LogP contribution in [0.2, 0.25) is 0 Å². The van der Waals surface area contributed by atoms with Gasteiger partial charge in [0.2, 0.25) is 0 Å². The standard InChI is InChI=1S/C26H32N4O/c1-18-8-10-19(11-9-18)30-23(13-21(27-30)22-7-6-12-28(22)5)24(31)29-17-26(4)15-20(29)14-25(2,3)16-26/h6-13,20H,14-17H2,1-5H3. The molecule has 1 saturated carbocycles. The van der Waals surface area contributed by atoms with Gasteiger partial charge in [-0.05, 0) is 67.3 Å². The average Bonchev–Trinajstić information content (AvgIpc) is 3.36. The molecule has 0 spiro atoms. The summed E-state index contributed by atoms with van der Waals surface area (Å²) in [6, 6.07) is 14.5. The van der Waals surface area contributed by atoms with Crippen molar-refractivity contribution in [3.8, 4) is 17.1 Å². The van der Waals surface area contributed by atoms with Gasteiger partial charge in [0.25, 0.3) is 5.91 Å². The van der Waals surface area contributed by atoms with Crippen LogP contribution in [0.25, 0.3) is 17.1 Å². The number of aryl methyl sites for hydroxylation is 2. The summed E-state index contributed by atoms with van der Waals surface area (Å²) in [5.41, 5.74) is 5.07. The van der Waals surface area contributed by atoms with Gasteiger partial charge in [0, 0.05) is 25.8 Å². The van der Waals surface area contributed by atoms with Crippen LogP contribution >= 0.6 is 0 Å². The smallest absolute Gasteiger partial charge is 0.272 e. The topological polar surface area (TPSA) is 43.1 Å². The molecule has 3 aromatic rings. The van der Waals surface area contributed by atoms with Crippen LogP contribution in [0.4, 0.5) is 0 Å². The average molecular weight is 417 g/mol. The Hall–Kier alpha value is -2.82. The van der Waals surface area contributed by atoms with Crippen molar-refractivity contribution in [3.63, 3.8) is 0 Å². The van der Waals surface area contributed by atoms with E-state index in [0.29, 0.717) is 11.7 Å². The summed E-state index contributed by atoms with van der Waals surface area (Å²) in [7, 11) is 2.01. The molecule has 31 heavy (non-hydrogen) atoms. The lowest BCUT2D eigenvalue weighted by Gasteiger charge is -2.39. The van der Waals surface area contributed by atoms with E-state index in [1.54, 1.807) is 0 Å². The van der Waals surface area contributed by atoms with Crippen molar-refractivity contribution in [2.24, 2.45) is 17.9 Å². The molecule has 1 aromatic carbocycles. The first-order valence-corrected chi connectivity index (χ1v) is 11.2. The van der Waals surface area contributed by atoms with Crippen LogP contribution in [0.3, 0.4) is 0 Å². The molecule has 3 heterocycles. The van der Waals surface area contributed by atoms with Gasteiger partial charge in [-0.1, -0.05) is 38.5 Å². The maximum Gasteiger partial charge on any atom is 0.272 e. The van der Waals surface area contributed by atoms with Crippen LogP contribution in [-0.2, 0) is 7.05 Å². The minimum Gasteiger partial charge on any atom is -0.349 e. The molecule has 162 valence electrons. The zero-order valence-electron chi connectivity index (χ0n) is 19.2. The predicted molar refractivity (Wildman–Crippen MR) is 123 cm³/mol. The fraction of sp³-hybridized carbons (Fsp3) is 0.462. The predicted octanol–water partition coefficient (Wildman–Crippen LogP) is 5.23. The van der Waals surface area contributed by atoms with Crippen molar-refractivity contribution in [1.82, 2.24) is 19.2 Å². The van der Waals surface area contributed by atoms with Crippen molar-refractivity contribution in [1.29, 1.82) is 0 Å². The van der Waals surface area contributed by atoms with Gasteiger partial charge in [-0.2, -0.15) is 5.10 Å². The minimum absolute atomic E-state index is 0.0972. The molecule has 2 aliphatic rings. The van der Waals surface area contributed by atoms with Gasteiger partial charge < -0.3 is 9.47 Å². The number of rotatable bonds is 3. The van der Waals surface area contributed by atoms with Gasteiger partial charge in [0.15, 0.2) is 0 Å². The zero-order valence-corrected chi connectivity index (χ0v) is 19.2. The second kappa shape index (κ2) is 6.84. The largest absolute Gasteiger partial charge is 0.349 e. The lowest BCUT2D eigenvalue weighted by Crippen LogP contribution is -2.38. The molecule has 2 bridgehead atoms. The number of hydrogen-bond acceptors (Lipinski definition) is 2. The number of carbonyl (C=O) groups is 1. The first-order valence-electron chi connectivity index (χ1n) is 11.2. The molecule has 5 heteroatoms. The second-order valence-electron chi connectivity index (χ2n) is 10.8. The van der Waals surface area contributed by atoms with Crippen LogP contribution in [0.15, 0.2) is 48.7 Å². The summed E-state index contributed by atoms with van der Waals surface area (Å²) in [6.45, 7) is 9.94. The summed E-state index contributed by atoms with van der Waals surface area (Å²) in [4.78, 5) is 16.1. The van der Waals surface area contributed by atoms with E-state index in [9.17, 15) is 4.79 Å². The van der Waals surface area contributed by atoms with Crippen molar-refractivity contribution in [2.45, 2.75) is 53.0 Å². The Morgan fingerprint density at radius 2 is 1.84 bits per heavy atom. The van der Waals surface area contributed by atoms with Gasteiger partial charge >= 0.3 is 0 Å². The maximum atomic E-state index is 13.9. The Morgan fingerprint density at radius 3 is 2.52 bits per heavy atom. The van der Waals surface area contributed by atoms with Crippen LogP contribution in [0.5, 0.6) is 0 Å². The minimum atomic E-state index is 0.0972. The number of hydrogen-bond donors (Lipinski definition) is 0. The molecule has 1 saturated heterocycles. The quantitative estimate of drug-likeness (QED) is 0.587. The third-order valence-corrected chi connectivity index (χ3v) is 7.09. The SMILES string of the molecule is Cc1ccc(-n2nc(-c3cccn3C)cc2C(=O)N2CC3(C)CC2CC(C)(C)C3)cc1. The van der Waals surface area contributed by atoms with E-state index in [2.05, 4.69) is 44.7 Å². The van der Waals surface area contributed by atoms with Crippen molar-refractivity contribution < 1.29 is 4.79 Å². The van der Waals surface area contributed by atoms with Gasteiger partial charge in [0.05, 0.1) is 11.4 Å². The summed E-state index contributed by atoms with van der Waals surface area (Å²) >= 11 is 0. The molecule has 2 aromatic heterocycles. The molecule has 5 rings (SSSR count). The molecule has 2 unspecified atom stereocenters. The van der Waals surface area contributed by atoms with Crippen LogP contribution in [0, 0.1) is 17.8 Å². The van der Waals surface area contributed by atoms with E-state index in [1.807, 2.05) is 52.8 Å². The molecule has 0 N–H and O–H groups in total. The monoisotopic (exact) mass is 416 g/mol. The van der Waals surface area contributed by atoms with Gasteiger partial charge in [-0.3, -0.25) is 4.79 Å². The summed E-state index contributed by atoms with van der Waals surface area (Å²) < 4.78 is 3.88. The number of carbonyl (C=O) groups excluding carboxylic acids is 1. The fourth-order valence-electron chi connectivity index (χ4n) is 6.11. The molecular weight excluding hydrogens is 384 g/mol. The Kier molecular flexibility index (Phi) is 4.44. The summed E-state index contributed by atoms with van der Waals surface area (Å²) in [6.07, 6.45) is 5.35. The molecule has 1 aliphatic carbocycles. The van der Waals surface area contributed by atoms with Crippen LogP contribution in [0.1, 0.15) is 56.1 Å². The van der Waals surface area contributed by atoms with Gasteiger partial charge in [0.1, 0.15) is 11.4 Å². The highest BCUT2D eigenvalue weighted by atomic mass is 16.2. The van der Waals surface area contributed by atoms with E-state index in [-0.39, 0.29) is 16.7 Å². The van der Waals surface area contributed by atoms with E-state index < -0.39 is 0 Å². The fourth-order valence-corrected chi connectivity index (χ4v) is 6.11. The van der Waals surface area contributed by atoms with Crippen molar-refractivity contribution in [3.05, 3.63) is 59.9 Å². The van der Waals surface area contributed by atoms with Crippen LogP contribution < -0.4 is 0 Å². The third kappa shape index (κ3) is 3.50. The first kappa shape index (κ1) is 20.1. The molecule has 1 amide bonds. The molecule has 0 radical (unpaired) electrons. The first-order chi connectivity index (χ1) is 14.6. The molecule has 2 fully saturated rings. The number of likely N-dealkylation sites (tertiary alicyclic amines) is 1. The highest BCUT2D eigenvalue weighted by Crippen LogP contribution is 2.52. The number of nitrogens with zero attached hydrogens (tertiary/aromatic N) is 4. The van der Waals surface area contributed by atoms with Crippen molar-refractivity contribution >= 4 is 5.91 Å². The number of amides is 1. The number of aromatic nitrogens is 3. The molecule has 5 nitrogen and oxygen atoms in total. The Morgan fingerprint density at radius 1 is 1.10 bits per heavy atom. The number of fused-ring (bicyclic) bond motifs is 2. The van der Waals surface area contributed by atoms with E-state index in [1.165, 1.54) is 12.0 Å². The molecular formula is C26H32N4O. The highest BCUT2D eigenvalue weighted by Gasteiger charge is 2.51.